The molecule has 0 radical (unpaired) electrons. The molecule has 0 spiro atoms. The number of halogens is 1. The minimum absolute atomic E-state index is 0.192. The number of ether oxygens (including phenoxy) is 2. The number of benzene rings is 2. The maximum absolute atomic E-state index is 14.0. The normalized spacial score (nSPS) is 13.8. The Morgan fingerprint density at radius 2 is 1.93 bits per heavy atom. The van der Waals surface area contributed by atoms with Crippen LogP contribution in [0.2, 0.25) is 0 Å². The highest BCUT2D eigenvalue weighted by molar-refractivity contribution is 8.00. The van der Waals surface area contributed by atoms with Crippen LogP contribution in [0.15, 0.2) is 47.6 Å². The van der Waals surface area contributed by atoms with Gasteiger partial charge < -0.3 is 19.4 Å². The second-order valence-electron chi connectivity index (χ2n) is 6.45. The number of fused-ring (bicyclic) bond motifs is 1. The summed E-state index contributed by atoms with van der Waals surface area (Å²) in [6.45, 7) is 2.77. The van der Waals surface area contributed by atoms with Gasteiger partial charge in [-0.05, 0) is 31.2 Å². The van der Waals surface area contributed by atoms with E-state index in [4.69, 9.17) is 9.47 Å². The fourth-order valence-corrected chi connectivity index (χ4v) is 3.69. The summed E-state index contributed by atoms with van der Waals surface area (Å²) >= 11 is 1.25. The lowest BCUT2D eigenvalue weighted by Crippen LogP contribution is -2.23. The first-order chi connectivity index (χ1) is 14.0. The topological polar surface area (TPSA) is 78.3 Å². The van der Waals surface area contributed by atoms with Crippen LogP contribution in [0, 0.1) is 5.82 Å². The van der Waals surface area contributed by atoms with Crippen molar-refractivity contribution >= 4 is 23.4 Å². The number of thioether (sulfide) groups is 1. The van der Waals surface area contributed by atoms with Crippen LogP contribution in [0.25, 0.3) is 11.4 Å². The summed E-state index contributed by atoms with van der Waals surface area (Å²) in [5.41, 5.74) is 0.986. The highest BCUT2D eigenvalue weighted by atomic mass is 32.2. The van der Waals surface area contributed by atoms with Gasteiger partial charge in [-0.2, -0.15) is 0 Å². The summed E-state index contributed by atoms with van der Waals surface area (Å²) in [5, 5.41) is 11.1. The molecule has 3 aromatic rings. The molecule has 9 heteroatoms. The Bertz CT molecular complexity index is 1060. The first-order valence-electron chi connectivity index (χ1n) is 9.04. The van der Waals surface area contributed by atoms with E-state index < -0.39 is 5.25 Å². The molecule has 1 unspecified atom stereocenters. The van der Waals surface area contributed by atoms with Gasteiger partial charge in [-0.25, -0.2) is 4.39 Å². The van der Waals surface area contributed by atoms with Crippen molar-refractivity contribution in [3.63, 3.8) is 0 Å². The summed E-state index contributed by atoms with van der Waals surface area (Å²) in [5.74, 6) is 1.12. The van der Waals surface area contributed by atoms with E-state index in [0.717, 1.165) is 0 Å². The Morgan fingerprint density at radius 3 is 2.72 bits per heavy atom. The lowest BCUT2D eigenvalue weighted by atomic mass is 10.2. The molecule has 1 aromatic heterocycles. The van der Waals surface area contributed by atoms with Crippen molar-refractivity contribution in [3.05, 3.63) is 48.3 Å². The lowest BCUT2D eigenvalue weighted by molar-refractivity contribution is -0.115. The van der Waals surface area contributed by atoms with Crippen LogP contribution in [0.5, 0.6) is 11.5 Å². The second kappa shape index (κ2) is 8.12. The fourth-order valence-electron chi connectivity index (χ4n) is 2.87. The molecule has 4 rings (SSSR count). The van der Waals surface area contributed by atoms with Crippen LogP contribution in [0.1, 0.15) is 6.92 Å². The van der Waals surface area contributed by atoms with Crippen LogP contribution in [-0.2, 0) is 11.8 Å². The standard InChI is InChI=1S/C20H19FN4O3S/c1-12(19(26)22-13-7-8-16-17(11-13)28-10-9-27-16)29-20-24-23-18(25(20)2)14-5-3-4-6-15(14)21/h3-8,11-12H,9-10H2,1-2H3,(H,22,26). The summed E-state index contributed by atoms with van der Waals surface area (Å²) in [6.07, 6.45) is 0. The van der Waals surface area contributed by atoms with Gasteiger partial charge in [0.25, 0.3) is 0 Å². The number of nitrogens with zero attached hydrogens (tertiary/aromatic N) is 3. The number of rotatable bonds is 5. The summed E-state index contributed by atoms with van der Waals surface area (Å²) in [4.78, 5) is 12.6. The Morgan fingerprint density at radius 1 is 1.17 bits per heavy atom. The Balaban J connectivity index is 1.45. The molecule has 1 aliphatic rings. The molecule has 0 saturated carbocycles. The number of carbonyl (C=O) groups is 1. The van der Waals surface area contributed by atoms with Crippen LogP contribution in [-0.4, -0.2) is 39.1 Å². The van der Waals surface area contributed by atoms with Gasteiger partial charge in [0.15, 0.2) is 22.5 Å². The third kappa shape index (κ3) is 4.04. The number of amides is 1. The van der Waals surface area contributed by atoms with E-state index in [-0.39, 0.29) is 11.7 Å². The van der Waals surface area contributed by atoms with Gasteiger partial charge in [-0.1, -0.05) is 23.9 Å². The van der Waals surface area contributed by atoms with E-state index in [0.29, 0.717) is 46.9 Å². The molecule has 150 valence electrons. The molecule has 1 aliphatic heterocycles. The van der Waals surface area contributed by atoms with E-state index >= 15 is 0 Å². The smallest absolute Gasteiger partial charge is 0.237 e. The number of hydrogen-bond acceptors (Lipinski definition) is 6. The lowest BCUT2D eigenvalue weighted by Gasteiger charge is -2.19. The van der Waals surface area contributed by atoms with Crippen molar-refractivity contribution < 1.29 is 18.7 Å². The first-order valence-corrected chi connectivity index (χ1v) is 9.92. The molecule has 1 atom stereocenters. The zero-order valence-electron chi connectivity index (χ0n) is 15.9. The predicted octanol–water partition coefficient (Wildman–Crippen LogP) is 3.51. The molecule has 0 saturated heterocycles. The minimum atomic E-state index is -0.445. The maximum atomic E-state index is 14.0. The van der Waals surface area contributed by atoms with Crippen LogP contribution >= 0.6 is 11.8 Å². The van der Waals surface area contributed by atoms with Gasteiger partial charge in [-0.15, -0.1) is 10.2 Å². The van der Waals surface area contributed by atoms with Gasteiger partial charge in [0, 0.05) is 18.8 Å². The molecule has 2 aromatic carbocycles. The predicted molar refractivity (Wildman–Crippen MR) is 108 cm³/mol. The zero-order chi connectivity index (χ0) is 20.4. The molecule has 7 nitrogen and oxygen atoms in total. The molecule has 0 fully saturated rings. The summed E-state index contributed by atoms with van der Waals surface area (Å²) in [7, 11) is 1.75. The SMILES string of the molecule is CC(Sc1nnc(-c2ccccc2F)n1C)C(=O)Nc1ccc2c(c1)OCCO2. The number of nitrogens with one attached hydrogen (secondary N) is 1. The highest BCUT2D eigenvalue weighted by Crippen LogP contribution is 2.33. The number of aromatic nitrogens is 3. The van der Waals surface area contributed by atoms with E-state index in [1.807, 2.05) is 0 Å². The van der Waals surface area contributed by atoms with Crippen molar-refractivity contribution in [2.45, 2.75) is 17.3 Å². The van der Waals surface area contributed by atoms with E-state index in [9.17, 15) is 9.18 Å². The van der Waals surface area contributed by atoms with Crippen molar-refractivity contribution in [1.29, 1.82) is 0 Å². The number of carbonyl (C=O) groups excluding carboxylic acids is 1. The summed E-state index contributed by atoms with van der Waals surface area (Å²) in [6, 6.07) is 11.7. The van der Waals surface area contributed by atoms with Gasteiger partial charge in [0.05, 0.1) is 10.8 Å². The second-order valence-corrected chi connectivity index (χ2v) is 7.76. The first kappa shape index (κ1) is 19.3. The van der Waals surface area contributed by atoms with Gasteiger partial charge in [0.2, 0.25) is 5.91 Å². The Kier molecular flexibility index (Phi) is 5.39. The Labute approximate surface area is 171 Å². The van der Waals surface area contributed by atoms with Crippen LogP contribution < -0.4 is 14.8 Å². The molecule has 1 N–H and O–H groups in total. The van der Waals surface area contributed by atoms with Crippen molar-refractivity contribution in [3.8, 4) is 22.9 Å². The number of anilines is 1. The van der Waals surface area contributed by atoms with Gasteiger partial charge in [0.1, 0.15) is 19.0 Å². The van der Waals surface area contributed by atoms with Crippen LogP contribution in [0.3, 0.4) is 0 Å². The van der Waals surface area contributed by atoms with Crippen molar-refractivity contribution in [1.82, 2.24) is 14.8 Å². The third-order valence-corrected chi connectivity index (χ3v) is 5.54. The molecule has 1 amide bonds. The highest BCUT2D eigenvalue weighted by Gasteiger charge is 2.21. The fraction of sp³-hybridized carbons (Fsp3) is 0.250. The molecular formula is C20H19FN4O3S. The molecule has 0 aliphatic carbocycles. The Hall–Kier alpha value is -3.07. The maximum Gasteiger partial charge on any atom is 0.237 e. The number of hydrogen-bond donors (Lipinski definition) is 1. The van der Waals surface area contributed by atoms with Gasteiger partial charge >= 0.3 is 0 Å². The van der Waals surface area contributed by atoms with Crippen molar-refractivity contribution in [2.75, 3.05) is 18.5 Å². The average molecular weight is 414 g/mol. The third-order valence-electron chi connectivity index (χ3n) is 4.41. The molecular weight excluding hydrogens is 395 g/mol. The van der Waals surface area contributed by atoms with Crippen LogP contribution in [0.4, 0.5) is 10.1 Å². The molecule has 2 heterocycles. The summed E-state index contributed by atoms with van der Waals surface area (Å²) < 4.78 is 26.7. The average Bonchev–Trinajstić information content (AvgIpc) is 3.08. The molecule has 0 bridgehead atoms. The quantitative estimate of drug-likeness (QED) is 0.644. The van der Waals surface area contributed by atoms with E-state index in [1.165, 1.54) is 17.8 Å². The van der Waals surface area contributed by atoms with E-state index in [2.05, 4.69) is 15.5 Å². The zero-order valence-corrected chi connectivity index (χ0v) is 16.7. The monoisotopic (exact) mass is 414 g/mol. The minimum Gasteiger partial charge on any atom is -0.486 e. The van der Waals surface area contributed by atoms with Crippen molar-refractivity contribution in [2.24, 2.45) is 7.05 Å². The largest absolute Gasteiger partial charge is 0.486 e. The van der Waals surface area contributed by atoms with Gasteiger partial charge in [-0.3, -0.25) is 4.79 Å². The molecule has 29 heavy (non-hydrogen) atoms. The van der Waals surface area contributed by atoms with E-state index in [1.54, 1.807) is 54.9 Å².